The smallest absolute Gasteiger partial charge is 0.294 e. The second-order valence-electron chi connectivity index (χ2n) is 8.77. The number of furan rings is 1. The van der Waals surface area contributed by atoms with Crippen molar-refractivity contribution in [3.8, 4) is 11.5 Å². The summed E-state index contributed by atoms with van der Waals surface area (Å²) < 4.78 is 16.8. The van der Waals surface area contributed by atoms with Crippen LogP contribution in [-0.2, 0) is 4.79 Å². The molecule has 2 heterocycles. The number of aliphatic hydroxyl groups excluding tert-OH is 1. The lowest BCUT2D eigenvalue weighted by Gasteiger charge is -2.29. The zero-order chi connectivity index (χ0) is 26.4. The number of fused-ring (bicyclic) bond motifs is 1. The zero-order valence-corrected chi connectivity index (χ0v) is 21.4. The molecule has 7 nitrogen and oxygen atoms in total. The molecule has 0 bridgehead atoms. The first kappa shape index (κ1) is 24.5. The van der Waals surface area contributed by atoms with E-state index < -0.39 is 23.5 Å². The van der Waals surface area contributed by atoms with Crippen LogP contribution >= 0.6 is 11.6 Å². The fourth-order valence-electron chi connectivity index (χ4n) is 4.75. The summed E-state index contributed by atoms with van der Waals surface area (Å²) in [5, 5.41) is 12.1. The summed E-state index contributed by atoms with van der Waals surface area (Å²) >= 11 is 6.19. The highest BCUT2D eigenvalue weighted by atomic mass is 35.5. The van der Waals surface area contributed by atoms with Crippen molar-refractivity contribution in [2.45, 2.75) is 19.9 Å². The normalized spacial score (nSPS) is 15.5. The number of methoxy groups -OCH3 is 2. The van der Waals surface area contributed by atoms with Gasteiger partial charge in [-0.15, -0.1) is 0 Å². The highest BCUT2D eigenvalue weighted by Gasteiger charge is 2.46. The third-order valence-corrected chi connectivity index (χ3v) is 6.93. The van der Waals surface area contributed by atoms with E-state index in [9.17, 15) is 14.7 Å². The van der Waals surface area contributed by atoms with Crippen molar-refractivity contribution in [3.05, 3.63) is 99.5 Å². The number of ketones is 1. The number of benzene rings is 3. The van der Waals surface area contributed by atoms with E-state index >= 15 is 0 Å². The summed E-state index contributed by atoms with van der Waals surface area (Å²) in [6.07, 6.45) is 0. The SMILES string of the molecule is COc1ccccc1C1C(C(=O)c2cc3cc(Cl)cc(OC)c3o2)=C(O)C(=O)N1c1cccc(C)c1C. The van der Waals surface area contributed by atoms with Crippen LogP contribution in [0.15, 0.2) is 76.4 Å². The number of hydrogen-bond donors (Lipinski definition) is 1. The molecule has 0 fully saturated rings. The number of aryl methyl sites for hydroxylation is 1. The number of aliphatic hydroxyl groups is 1. The van der Waals surface area contributed by atoms with Gasteiger partial charge in [0, 0.05) is 27.7 Å². The summed E-state index contributed by atoms with van der Waals surface area (Å²) in [4.78, 5) is 29.0. The van der Waals surface area contributed by atoms with Gasteiger partial charge in [-0.1, -0.05) is 41.9 Å². The molecule has 1 unspecified atom stereocenters. The number of Topliss-reactive ketones (excluding diaryl/α,β-unsaturated/α-hetero) is 1. The van der Waals surface area contributed by atoms with Crippen LogP contribution in [0.5, 0.6) is 11.5 Å². The number of amides is 1. The van der Waals surface area contributed by atoms with Crippen LogP contribution in [0.4, 0.5) is 5.69 Å². The van der Waals surface area contributed by atoms with Gasteiger partial charge in [-0.25, -0.2) is 0 Å². The van der Waals surface area contributed by atoms with E-state index in [1.165, 1.54) is 25.2 Å². The first-order chi connectivity index (χ1) is 17.8. The first-order valence-electron chi connectivity index (χ1n) is 11.5. The Hall–Kier alpha value is -4.23. The fraction of sp³-hybridized carbons (Fsp3) is 0.172. The molecular formula is C29H24ClNO6. The average Bonchev–Trinajstić information content (AvgIpc) is 3.43. The highest BCUT2D eigenvalue weighted by molar-refractivity contribution is 6.31. The molecule has 0 aliphatic carbocycles. The van der Waals surface area contributed by atoms with Gasteiger partial charge < -0.3 is 19.0 Å². The van der Waals surface area contributed by atoms with Crippen LogP contribution in [0, 0.1) is 13.8 Å². The van der Waals surface area contributed by atoms with Gasteiger partial charge in [-0.2, -0.15) is 0 Å². The molecule has 0 spiro atoms. The largest absolute Gasteiger partial charge is 0.503 e. The fourth-order valence-corrected chi connectivity index (χ4v) is 4.97. The molecule has 4 aromatic rings. The molecule has 188 valence electrons. The number of carbonyl (C=O) groups is 2. The van der Waals surface area contributed by atoms with E-state index in [1.54, 1.807) is 42.5 Å². The van der Waals surface area contributed by atoms with E-state index in [0.29, 0.717) is 38.7 Å². The zero-order valence-electron chi connectivity index (χ0n) is 20.7. The molecule has 1 aliphatic rings. The van der Waals surface area contributed by atoms with E-state index in [4.69, 9.17) is 25.5 Å². The maximum absolute atomic E-state index is 14.0. The maximum atomic E-state index is 14.0. The Labute approximate surface area is 218 Å². The van der Waals surface area contributed by atoms with Crippen LogP contribution in [-0.4, -0.2) is 31.0 Å². The van der Waals surface area contributed by atoms with Gasteiger partial charge in [0.1, 0.15) is 5.75 Å². The average molecular weight is 518 g/mol. The number of anilines is 1. The summed E-state index contributed by atoms with van der Waals surface area (Å²) in [6, 6.07) is 16.4. The van der Waals surface area contributed by atoms with Crippen LogP contribution in [0.2, 0.25) is 5.02 Å². The van der Waals surface area contributed by atoms with Crippen molar-refractivity contribution >= 4 is 39.9 Å². The summed E-state index contributed by atoms with van der Waals surface area (Å²) in [7, 11) is 2.98. The Morgan fingerprint density at radius 2 is 1.73 bits per heavy atom. The van der Waals surface area contributed by atoms with Crippen LogP contribution in [0.1, 0.15) is 33.3 Å². The van der Waals surface area contributed by atoms with Crippen LogP contribution in [0.25, 0.3) is 11.0 Å². The van der Waals surface area contributed by atoms with Gasteiger partial charge in [-0.05, 0) is 49.2 Å². The standard InChI is InChI=1S/C29H24ClNO6/c1-15-8-7-10-20(16(15)2)31-25(19-9-5-6-11-21(19)35-3)24(27(33)29(31)34)26(32)22-13-17-12-18(30)14-23(36-4)28(17)37-22/h5-14,25,33H,1-4H3. The van der Waals surface area contributed by atoms with Crippen molar-refractivity contribution < 1.29 is 28.6 Å². The van der Waals surface area contributed by atoms with E-state index in [2.05, 4.69) is 0 Å². The third-order valence-electron chi connectivity index (χ3n) is 6.71. The minimum Gasteiger partial charge on any atom is -0.503 e. The number of ether oxygens (including phenoxy) is 2. The molecule has 1 aliphatic heterocycles. The molecular weight excluding hydrogens is 494 g/mol. The van der Waals surface area contributed by atoms with Gasteiger partial charge >= 0.3 is 0 Å². The molecule has 1 N–H and O–H groups in total. The second kappa shape index (κ2) is 9.33. The van der Waals surface area contributed by atoms with Crippen molar-refractivity contribution in [3.63, 3.8) is 0 Å². The number of rotatable bonds is 6. The van der Waals surface area contributed by atoms with Crippen molar-refractivity contribution in [1.82, 2.24) is 0 Å². The Kier molecular flexibility index (Phi) is 6.17. The van der Waals surface area contributed by atoms with Gasteiger partial charge in [-0.3, -0.25) is 14.5 Å². The Morgan fingerprint density at radius 1 is 1.00 bits per heavy atom. The molecule has 0 radical (unpaired) electrons. The van der Waals surface area contributed by atoms with Crippen LogP contribution < -0.4 is 14.4 Å². The monoisotopic (exact) mass is 517 g/mol. The van der Waals surface area contributed by atoms with Gasteiger partial charge in [0.15, 0.2) is 22.9 Å². The topological polar surface area (TPSA) is 89.2 Å². The minimum absolute atomic E-state index is 0.0624. The Morgan fingerprint density at radius 3 is 2.46 bits per heavy atom. The lowest BCUT2D eigenvalue weighted by Crippen LogP contribution is -2.32. The van der Waals surface area contributed by atoms with E-state index in [0.717, 1.165) is 11.1 Å². The van der Waals surface area contributed by atoms with E-state index in [-0.39, 0.29) is 11.3 Å². The molecule has 1 aromatic heterocycles. The van der Waals surface area contributed by atoms with E-state index in [1.807, 2.05) is 26.0 Å². The van der Waals surface area contributed by atoms with Crippen molar-refractivity contribution in [1.29, 1.82) is 0 Å². The molecule has 5 rings (SSSR count). The Balaban J connectivity index is 1.72. The lowest BCUT2D eigenvalue weighted by molar-refractivity contribution is -0.117. The molecule has 1 atom stereocenters. The molecule has 3 aromatic carbocycles. The summed E-state index contributed by atoms with van der Waals surface area (Å²) in [6.45, 7) is 3.83. The van der Waals surface area contributed by atoms with Gasteiger partial charge in [0.25, 0.3) is 5.91 Å². The number of hydrogen-bond acceptors (Lipinski definition) is 6. The predicted molar refractivity (Wildman–Crippen MR) is 141 cm³/mol. The number of carbonyl (C=O) groups excluding carboxylic acids is 2. The van der Waals surface area contributed by atoms with Gasteiger partial charge in [0.2, 0.25) is 5.78 Å². The number of nitrogens with zero attached hydrogens (tertiary/aromatic N) is 1. The number of para-hydroxylation sites is 1. The lowest BCUT2D eigenvalue weighted by atomic mass is 9.93. The summed E-state index contributed by atoms with van der Waals surface area (Å²) in [5.74, 6) is -1.21. The molecule has 0 saturated heterocycles. The first-order valence-corrected chi connectivity index (χ1v) is 11.9. The summed E-state index contributed by atoms with van der Waals surface area (Å²) in [5.41, 5.74) is 3.15. The predicted octanol–water partition coefficient (Wildman–Crippen LogP) is 6.50. The second-order valence-corrected chi connectivity index (χ2v) is 9.20. The molecule has 8 heteroatoms. The Bertz CT molecular complexity index is 1600. The highest BCUT2D eigenvalue weighted by Crippen LogP contribution is 2.46. The molecule has 37 heavy (non-hydrogen) atoms. The maximum Gasteiger partial charge on any atom is 0.294 e. The molecule has 1 amide bonds. The minimum atomic E-state index is -0.963. The van der Waals surface area contributed by atoms with Crippen molar-refractivity contribution in [2.24, 2.45) is 0 Å². The van der Waals surface area contributed by atoms with Crippen molar-refractivity contribution in [2.75, 3.05) is 19.1 Å². The molecule has 0 saturated carbocycles. The quantitative estimate of drug-likeness (QED) is 0.293. The van der Waals surface area contributed by atoms with Crippen LogP contribution in [0.3, 0.4) is 0 Å². The number of halogens is 1. The third kappa shape index (κ3) is 3.92. The van der Waals surface area contributed by atoms with Gasteiger partial charge in [0.05, 0.1) is 25.8 Å².